The molecule has 3 heteroatoms. The summed E-state index contributed by atoms with van der Waals surface area (Å²) in [6, 6.07) is 0.714. The minimum absolute atomic E-state index is 0.115. The van der Waals surface area contributed by atoms with Gasteiger partial charge in [-0.3, -0.25) is 4.90 Å². The molecule has 5 unspecified atom stereocenters. The molecule has 100 valence electrons. The van der Waals surface area contributed by atoms with Crippen molar-refractivity contribution in [2.75, 3.05) is 6.54 Å². The lowest BCUT2D eigenvalue weighted by Gasteiger charge is -2.40. The van der Waals surface area contributed by atoms with Gasteiger partial charge in [0.15, 0.2) is 0 Å². The molecule has 0 aromatic rings. The van der Waals surface area contributed by atoms with E-state index in [1.165, 1.54) is 25.7 Å². The Balaban J connectivity index is 2.03. The molecule has 5 atom stereocenters. The van der Waals surface area contributed by atoms with E-state index >= 15 is 0 Å². The van der Waals surface area contributed by atoms with Crippen LogP contribution in [0.15, 0.2) is 0 Å². The number of hydrogen-bond acceptors (Lipinski definition) is 3. The highest BCUT2D eigenvalue weighted by atomic mass is 16.3. The minimum Gasteiger partial charge on any atom is -0.393 e. The molecular formula is C14H27NO2. The van der Waals surface area contributed by atoms with Gasteiger partial charge in [-0.1, -0.05) is 12.8 Å². The Morgan fingerprint density at radius 3 is 2.41 bits per heavy atom. The summed E-state index contributed by atoms with van der Waals surface area (Å²) in [5.41, 5.74) is 0. The molecule has 1 aliphatic carbocycles. The van der Waals surface area contributed by atoms with E-state index in [1.54, 1.807) is 0 Å². The Bertz CT molecular complexity index is 244. The van der Waals surface area contributed by atoms with Crippen LogP contribution < -0.4 is 0 Å². The largest absolute Gasteiger partial charge is 0.393 e. The van der Waals surface area contributed by atoms with Crippen molar-refractivity contribution in [3.63, 3.8) is 0 Å². The number of hydrogen-bond donors (Lipinski definition) is 2. The van der Waals surface area contributed by atoms with Gasteiger partial charge in [0, 0.05) is 18.0 Å². The minimum atomic E-state index is -0.281. The molecule has 0 aromatic carbocycles. The zero-order chi connectivity index (χ0) is 12.4. The van der Waals surface area contributed by atoms with Gasteiger partial charge in [0.1, 0.15) is 0 Å². The average Bonchev–Trinajstić information content (AvgIpc) is 2.77. The predicted molar refractivity (Wildman–Crippen MR) is 68.8 cm³/mol. The lowest BCUT2D eigenvalue weighted by molar-refractivity contribution is -0.00929. The molecule has 0 amide bonds. The molecule has 1 saturated carbocycles. The lowest BCUT2D eigenvalue weighted by Crippen LogP contribution is -2.49. The summed E-state index contributed by atoms with van der Waals surface area (Å²) in [6.45, 7) is 5.06. The van der Waals surface area contributed by atoms with Crippen molar-refractivity contribution in [1.29, 1.82) is 0 Å². The third-order valence-corrected chi connectivity index (χ3v) is 4.84. The zero-order valence-electron chi connectivity index (χ0n) is 11.2. The van der Waals surface area contributed by atoms with E-state index in [9.17, 15) is 10.2 Å². The van der Waals surface area contributed by atoms with E-state index in [1.807, 2.05) is 6.92 Å². The molecule has 2 N–H and O–H groups in total. The average molecular weight is 241 g/mol. The third kappa shape index (κ3) is 2.83. The molecule has 3 nitrogen and oxygen atoms in total. The smallest absolute Gasteiger partial charge is 0.0664 e. The Morgan fingerprint density at radius 1 is 1.06 bits per heavy atom. The summed E-state index contributed by atoms with van der Waals surface area (Å²) in [4.78, 5) is 2.43. The normalized spacial score (nSPS) is 39.2. The SMILES string of the molecule is CC(O)C(C)N1CCCC1C1CCCCC1O. The highest BCUT2D eigenvalue weighted by Crippen LogP contribution is 2.35. The predicted octanol–water partition coefficient (Wildman–Crippen LogP) is 1.77. The maximum Gasteiger partial charge on any atom is 0.0664 e. The summed E-state index contributed by atoms with van der Waals surface area (Å²) < 4.78 is 0. The van der Waals surface area contributed by atoms with Gasteiger partial charge in [-0.15, -0.1) is 0 Å². The number of rotatable bonds is 3. The Hall–Kier alpha value is -0.120. The second kappa shape index (κ2) is 5.68. The number of aliphatic hydroxyl groups excluding tert-OH is 2. The molecule has 1 saturated heterocycles. The van der Waals surface area contributed by atoms with Crippen molar-refractivity contribution >= 4 is 0 Å². The second-order valence-electron chi connectivity index (χ2n) is 5.94. The lowest BCUT2D eigenvalue weighted by atomic mass is 9.80. The third-order valence-electron chi connectivity index (χ3n) is 4.84. The molecule has 0 bridgehead atoms. The summed E-state index contributed by atoms with van der Waals surface area (Å²) >= 11 is 0. The maximum absolute atomic E-state index is 10.2. The van der Waals surface area contributed by atoms with Crippen LogP contribution >= 0.6 is 0 Å². The van der Waals surface area contributed by atoms with Gasteiger partial charge in [0.05, 0.1) is 12.2 Å². The van der Waals surface area contributed by atoms with Gasteiger partial charge in [-0.2, -0.15) is 0 Å². The van der Waals surface area contributed by atoms with Crippen molar-refractivity contribution in [2.45, 2.75) is 76.7 Å². The molecule has 0 spiro atoms. The van der Waals surface area contributed by atoms with E-state index in [0.29, 0.717) is 12.0 Å². The highest BCUT2D eigenvalue weighted by molar-refractivity contribution is 4.93. The van der Waals surface area contributed by atoms with Crippen LogP contribution in [0, 0.1) is 5.92 Å². The van der Waals surface area contributed by atoms with Gasteiger partial charge in [-0.05, 0) is 46.1 Å². The van der Waals surface area contributed by atoms with Crippen molar-refractivity contribution < 1.29 is 10.2 Å². The molecule has 2 aliphatic rings. The van der Waals surface area contributed by atoms with E-state index in [0.717, 1.165) is 19.4 Å². The van der Waals surface area contributed by atoms with Crippen LogP contribution in [0.5, 0.6) is 0 Å². The highest BCUT2D eigenvalue weighted by Gasteiger charge is 2.39. The molecule has 17 heavy (non-hydrogen) atoms. The van der Waals surface area contributed by atoms with Gasteiger partial charge < -0.3 is 10.2 Å². The number of aliphatic hydroxyl groups is 2. The fourth-order valence-corrected chi connectivity index (χ4v) is 3.65. The van der Waals surface area contributed by atoms with E-state index in [-0.39, 0.29) is 18.2 Å². The van der Waals surface area contributed by atoms with Gasteiger partial charge in [-0.25, -0.2) is 0 Å². The van der Waals surface area contributed by atoms with Crippen LogP contribution in [0.2, 0.25) is 0 Å². The van der Waals surface area contributed by atoms with Crippen molar-refractivity contribution in [2.24, 2.45) is 5.92 Å². The topological polar surface area (TPSA) is 43.7 Å². The molecule has 1 heterocycles. The van der Waals surface area contributed by atoms with Crippen molar-refractivity contribution in [1.82, 2.24) is 4.90 Å². The molecule has 2 fully saturated rings. The van der Waals surface area contributed by atoms with E-state index < -0.39 is 0 Å². The van der Waals surface area contributed by atoms with Crippen LogP contribution in [0.3, 0.4) is 0 Å². The Kier molecular flexibility index (Phi) is 4.45. The van der Waals surface area contributed by atoms with Gasteiger partial charge in [0.2, 0.25) is 0 Å². The van der Waals surface area contributed by atoms with Crippen molar-refractivity contribution in [3.05, 3.63) is 0 Å². The number of nitrogens with zero attached hydrogens (tertiary/aromatic N) is 1. The summed E-state index contributed by atoms with van der Waals surface area (Å²) in [6.07, 6.45) is 6.58. The first kappa shape index (κ1) is 13.3. The molecule has 2 rings (SSSR count). The summed E-state index contributed by atoms with van der Waals surface area (Å²) in [5.74, 6) is 0.437. The number of likely N-dealkylation sites (tertiary alicyclic amines) is 1. The fraction of sp³-hybridized carbons (Fsp3) is 1.00. The fourth-order valence-electron chi connectivity index (χ4n) is 3.65. The zero-order valence-corrected chi connectivity index (χ0v) is 11.2. The maximum atomic E-state index is 10.2. The van der Waals surface area contributed by atoms with E-state index in [4.69, 9.17) is 0 Å². The van der Waals surface area contributed by atoms with Gasteiger partial charge in [0.25, 0.3) is 0 Å². The Morgan fingerprint density at radius 2 is 1.76 bits per heavy atom. The first-order valence-electron chi connectivity index (χ1n) is 7.23. The standard InChI is InChI=1S/C14H27NO2/c1-10(11(2)16)15-9-5-7-13(15)12-6-3-4-8-14(12)17/h10-14,16-17H,3-9H2,1-2H3. The monoisotopic (exact) mass is 241 g/mol. The quantitative estimate of drug-likeness (QED) is 0.791. The first-order chi connectivity index (χ1) is 8.11. The molecule has 0 aromatic heterocycles. The molecule has 1 aliphatic heterocycles. The van der Waals surface area contributed by atoms with Gasteiger partial charge >= 0.3 is 0 Å². The van der Waals surface area contributed by atoms with Crippen LogP contribution in [-0.4, -0.2) is 45.9 Å². The van der Waals surface area contributed by atoms with Crippen LogP contribution in [0.25, 0.3) is 0 Å². The summed E-state index contributed by atoms with van der Waals surface area (Å²) in [5, 5.41) is 19.9. The summed E-state index contributed by atoms with van der Waals surface area (Å²) in [7, 11) is 0. The van der Waals surface area contributed by atoms with E-state index in [2.05, 4.69) is 11.8 Å². The Labute approximate surface area is 105 Å². The van der Waals surface area contributed by atoms with Crippen LogP contribution in [-0.2, 0) is 0 Å². The van der Waals surface area contributed by atoms with Crippen LogP contribution in [0.4, 0.5) is 0 Å². The second-order valence-corrected chi connectivity index (χ2v) is 5.94. The first-order valence-corrected chi connectivity index (χ1v) is 7.23. The molecule has 0 radical (unpaired) electrons. The van der Waals surface area contributed by atoms with Crippen LogP contribution in [0.1, 0.15) is 52.4 Å². The van der Waals surface area contributed by atoms with Crippen molar-refractivity contribution in [3.8, 4) is 0 Å². The molecular weight excluding hydrogens is 214 g/mol.